The van der Waals surface area contributed by atoms with Crippen molar-refractivity contribution in [1.82, 2.24) is 29.6 Å². The first-order valence-corrected chi connectivity index (χ1v) is 9.42. The van der Waals surface area contributed by atoms with Crippen LogP contribution in [0.1, 0.15) is 11.3 Å². The topological polar surface area (TPSA) is 60.9 Å². The SMILES string of the molecule is Cc1ccc(-c2nn3c(-c4cnn(-c5ccccc5)c4C)nnc3s2)cc1. The van der Waals surface area contributed by atoms with Gasteiger partial charge in [-0.05, 0) is 26.0 Å². The number of rotatable bonds is 3. The molecular formula is C20H16N6S. The normalized spacial score (nSPS) is 11.3. The van der Waals surface area contributed by atoms with Crippen molar-refractivity contribution >= 4 is 16.3 Å². The maximum absolute atomic E-state index is 4.75. The van der Waals surface area contributed by atoms with Gasteiger partial charge < -0.3 is 0 Å². The lowest BCUT2D eigenvalue weighted by Crippen LogP contribution is -1.99. The number of benzene rings is 2. The summed E-state index contributed by atoms with van der Waals surface area (Å²) in [4.78, 5) is 0.771. The van der Waals surface area contributed by atoms with E-state index in [1.807, 2.05) is 48.1 Å². The molecule has 0 bridgehead atoms. The molecule has 0 radical (unpaired) electrons. The van der Waals surface area contributed by atoms with Crippen LogP contribution in [0.4, 0.5) is 0 Å². The summed E-state index contributed by atoms with van der Waals surface area (Å²) in [6, 6.07) is 18.4. The first-order chi connectivity index (χ1) is 13.2. The molecule has 0 atom stereocenters. The number of hydrogen-bond acceptors (Lipinski definition) is 5. The Kier molecular flexibility index (Phi) is 3.61. The van der Waals surface area contributed by atoms with Crippen molar-refractivity contribution in [3.8, 4) is 27.6 Å². The first-order valence-electron chi connectivity index (χ1n) is 8.60. The molecule has 2 aromatic carbocycles. The van der Waals surface area contributed by atoms with Gasteiger partial charge in [0.05, 0.1) is 23.1 Å². The highest BCUT2D eigenvalue weighted by Gasteiger charge is 2.19. The number of nitrogens with zero attached hydrogens (tertiary/aromatic N) is 6. The number of aryl methyl sites for hydroxylation is 1. The molecule has 6 nitrogen and oxygen atoms in total. The highest BCUT2D eigenvalue weighted by molar-refractivity contribution is 7.19. The van der Waals surface area contributed by atoms with Gasteiger partial charge in [-0.1, -0.05) is 59.4 Å². The molecule has 5 rings (SSSR count). The first kappa shape index (κ1) is 15.9. The van der Waals surface area contributed by atoms with Gasteiger partial charge in [0.1, 0.15) is 5.01 Å². The van der Waals surface area contributed by atoms with Crippen molar-refractivity contribution in [3.05, 3.63) is 72.1 Å². The van der Waals surface area contributed by atoms with Crippen LogP contribution in [0.15, 0.2) is 60.8 Å². The highest BCUT2D eigenvalue weighted by Crippen LogP contribution is 2.29. The van der Waals surface area contributed by atoms with E-state index in [2.05, 4.69) is 46.5 Å². The van der Waals surface area contributed by atoms with Gasteiger partial charge >= 0.3 is 0 Å². The summed E-state index contributed by atoms with van der Waals surface area (Å²) >= 11 is 1.53. The smallest absolute Gasteiger partial charge is 0.235 e. The molecule has 0 amide bonds. The van der Waals surface area contributed by atoms with E-state index in [0.717, 1.165) is 32.5 Å². The Labute approximate surface area is 159 Å². The Morgan fingerprint density at radius 3 is 2.44 bits per heavy atom. The Morgan fingerprint density at radius 2 is 1.67 bits per heavy atom. The summed E-state index contributed by atoms with van der Waals surface area (Å²) in [5.41, 5.74) is 5.25. The zero-order valence-corrected chi connectivity index (χ0v) is 15.7. The zero-order valence-electron chi connectivity index (χ0n) is 14.9. The minimum Gasteiger partial charge on any atom is -0.237 e. The van der Waals surface area contributed by atoms with Gasteiger partial charge in [0.25, 0.3) is 0 Å². The van der Waals surface area contributed by atoms with Gasteiger partial charge in [0, 0.05) is 5.56 Å². The van der Waals surface area contributed by atoms with Gasteiger partial charge in [-0.25, -0.2) is 4.68 Å². The van der Waals surface area contributed by atoms with E-state index in [-0.39, 0.29) is 0 Å². The monoisotopic (exact) mass is 372 g/mol. The van der Waals surface area contributed by atoms with E-state index in [1.54, 1.807) is 4.52 Å². The third kappa shape index (κ3) is 2.63. The van der Waals surface area contributed by atoms with Crippen molar-refractivity contribution in [3.63, 3.8) is 0 Å². The van der Waals surface area contributed by atoms with Crippen LogP contribution in [0.3, 0.4) is 0 Å². The minimum absolute atomic E-state index is 0.708. The summed E-state index contributed by atoms with van der Waals surface area (Å²) < 4.78 is 3.71. The van der Waals surface area contributed by atoms with Crippen LogP contribution in [0, 0.1) is 13.8 Å². The number of para-hydroxylation sites is 1. The predicted octanol–water partition coefficient (Wildman–Crippen LogP) is 4.32. The second-order valence-corrected chi connectivity index (χ2v) is 7.34. The van der Waals surface area contributed by atoms with E-state index in [9.17, 15) is 0 Å². The predicted molar refractivity (Wildman–Crippen MR) is 106 cm³/mol. The molecule has 0 aliphatic heterocycles. The van der Waals surface area contributed by atoms with Crippen molar-refractivity contribution < 1.29 is 0 Å². The van der Waals surface area contributed by atoms with E-state index in [1.165, 1.54) is 16.9 Å². The fourth-order valence-electron chi connectivity index (χ4n) is 3.06. The maximum atomic E-state index is 4.75. The third-order valence-electron chi connectivity index (χ3n) is 4.54. The van der Waals surface area contributed by atoms with Crippen LogP contribution >= 0.6 is 11.3 Å². The second kappa shape index (κ2) is 6.14. The number of hydrogen-bond donors (Lipinski definition) is 0. The molecule has 7 heteroatoms. The lowest BCUT2D eigenvalue weighted by Gasteiger charge is -2.04. The van der Waals surface area contributed by atoms with Crippen LogP contribution < -0.4 is 0 Å². The molecule has 0 saturated carbocycles. The Morgan fingerprint density at radius 1 is 0.889 bits per heavy atom. The van der Waals surface area contributed by atoms with E-state index < -0.39 is 0 Å². The van der Waals surface area contributed by atoms with Gasteiger partial charge in [0.2, 0.25) is 4.96 Å². The third-order valence-corrected chi connectivity index (χ3v) is 5.49. The number of aromatic nitrogens is 6. The lowest BCUT2D eigenvalue weighted by atomic mass is 10.2. The molecule has 0 aliphatic rings. The molecule has 27 heavy (non-hydrogen) atoms. The molecule has 5 aromatic rings. The fraction of sp³-hybridized carbons (Fsp3) is 0.100. The number of fused-ring (bicyclic) bond motifs is 1. The maximum Gasteiger partial charge on any atom is 0.235 e. The van der Waals surface area contributed by atoms with Gasteiger partial charge in [-0.15, -0.1) is 10.2 Å². The van der Waals surface area contributed by atoms with Crippen LogP contribution in [0.25, 0.3) is 32.6 Å². The summed E-state index contributed by atoms with van der Waals surface area (Å²) in [5.74, 6) is 0.708. The molecule has 0 saturated heterocycles. The van der Waals surface area contributed by atoms with Gasteiger partial charge in [-0.2, -0.15) is 14.7 Å². The van der Waals surface area contributed by atoms with Crippen LogP contribution in [0.2, 0.25) is 0 Å². The molecule has 0 aliphatic carbocycles. The van der Waals surface area contributed by atoms with E-state index in [0.29, 0.717) is 5.82 Å². The second-order valence-electron chi connectivity index (χ2n) is 6.38. The van der Waals surface area contributed by atoms with Crippen molar-refractivity contribution in [1.29, 1.82) is 0 Å². The van der Waals surface area contributed by atoms with Crippen LogP contribution in [-0.4, -0.2) is 29.6 Å². The summed E-state index contributed by atoms with van der Waals surface area (Å²) in [5, 5.41) is 18.9. The Bertz CT molecular complexity index is 1230. The Balaban J connectivity index is 1.60. The molecular weight excluding hydrogens is 356 g/mol. The zero-order chi connectivity index (χ0) is 18.4. The lowest BCUT2D eigenvalue weighted by molar-refractivity contribution is 0.846. The molecule has 0 spiro atoms. The molecule has 3 heterocycles. The molecule has 132 valence electrons. The van der Waals surface area contributed by atoms with Gasteiger partial charge in [0.15, 0.2) is 5.82 Å². The molecule has 0 N–H and O–H groups in total. The van der Waals surface area contributed by atoms with Crippen LogP contribution in [-0.2, 0) is 0 Å². The Hall–Kier alpha value is -3.32. The van der Waals surface area contributed by atoms with Crippen LogP contribution in [0.5, 0.6) is 0 Å². The average molecular weight is 372 g/mol. The largest absolute Gasteiger partial charge is 0.237 e. The van der Waals surface area contributed by atoms with Crippen molar-refractivity contribution in [2.24, 2.45) is 0 Å². The molecule has 0 fully saturated rings. The fourth-order valence-corrected chi connectivity index (χ4v) is 3.90. The van der Waals surface area contributed by atoms with Gasteiger partial charge in [-0.3, -0.25) is 0 Å². The summed E-state index contributed by atoms with van der Waals surface area (Å²) in [7, 11) is 0. The standard InChI is InChI=1S/C20H16N6S/c1-13-8-10-15(11-9-13)19-24-26-18(22-23-20(26)27-19)17-12-21-25(14(17)2)16-6-4-3-5-7-16/h3-12H,1-2H3. The van der Waals surface area contributed by atoms with E-state index in [4.69, 9.17) is 5.10 Å². The average Bonchev–Trinajstić information content (AvgIpc) is 3.37. The minimum atomic E-state index is 0.708. The van der Waals surface area contributed by atoms with Crippen molar-refractivity contribution in [2.75, 3.05) is 0 Å². The molecule has 0 unspecified atom stereocenters. The quantitative estimate of drug-likeness (QED) is 0.473. The highest BCUT2D eigenvalue weighted by atomic mass is 32.1. The molecule has 3 aromatic heterocycles. The van der Waals surface area contributed by atoms with E-state index >= 15 is 0 Å². The summed E-state index contributed by atoms with van der Waals surface area (Å²) in [6.07, 6.45) is 1.82. The van der Waals surface area contributed by atoms with Crippen molar-refractivity contribution in [2.45, 2.75) is 13.8 Å². The summed E-state index contributed by atoms with van der Waals surface area (Å²) in [6.45, 7) is 4.11.